The van der Waals surface area contributed by atoms with Gasteiger partial charge in [-0.05, 0) is 49.2 Å². The molecule has 0 saturated heterocycles. The Kier molecular flexibility index (Phi) is 7.82. The first-order chi connectivity index (χ1) is 12.4. The molecular weight excluding hydrogens is 373 g/mol. The Balaban J connectivity index is 1.74. The van der Waals surface area contributed by atoms with E-state index in [0.29, 0.717) is 53.3 Å². The Hall–Kier alpha value is -2.17. The zero-order valence-electron chi connectivity index (χ0n) is 14.6. The van der Waals surface area contributed by atoms with Crippen molar-refractivity contribution >= 4 is 34.8 Å². The van der Waals surface area contributed by atoms with Gasteiger partial charge < -0.3 is 14.8 Å². The number of carbonyl (C=O) groups is 1. The highest BCUT2D eigenvalue weighted by Crippen LogP contribution is 2.27. The Morgan fingerprint density at radius 1 is 1.15 bits per heavy atom. The molecule has 2 aromatic rings. The van der Waals surface area contributed by atoms with Gasteiger partial charge in [0.15, 0.2) is 0 Å². The van der Waals surface area contributed by atoms with Gasteiger partial charge in [-0.1, -0.05) is 35.8 Å². The Morgan fingerprint density at radius 3 is 2.69 bits per heavy atom. The van der Waals surface area contributed by atoms with Crippen molar-refractivity contribution in [2.75, 3.05) is 18.5 Å². The maximum Gasteiger partial charge on any atom is 0.224 e. The molecule has 6 heteroatoms. The van der Waals surface area contributed by atoms with E-state index in [1.165, 1.54) is 0 Å². The monoisotopic (exact) mass is 393 g/mol. The van der Waals surface area contributed by atoms with Crippen molar-refractivity contribution in [1.29, 1.82) is 0 Å². The van der Waals surface area contributed by atoms with E-state index >= 15 is 0 Å². The van der Waals surface area contributed by atoms with E-state index in [9.17, 15) is 4.79 Å². The highest BCUT2D eigenvalue weighted by molar-refractivity contribution is 6.35. The van der Waals surface area contributed by atoms with E-state index in [1.54, 1.807) is 24.3 Å². The molecule has 0 unspecified atom stereocenters. The van der Waals surface area contributed by atoms with Gasteiger partial charge in [-0.15, -0.1) is 0 Å². The van der Waals surface area contributed by atoms with Crippen LogP contribution < -0.4 is 14.8 Å². The van der Waals surface area contributed by atoms with Gasteiger partial charge >= 0.3 is 0 Å². The molecule has 0 fully saturated rings. The lowest BCUT2D eigenvalue weighted by Crippen LogP contribution is -2.13. The molecule has 1 N–H and O–H groups in total. The van der Waals surface area contributed by atoms with Crippen LogP contribution in [0.1, 0.15) is 19.8 Å². The maximum atomic E-state index is 12.0. The minimum Gasteiger partial charge on any atom is -0.492 e. The predicted molar refractivity (Wildman–Crippen MR) is 107 cm³/mol. The van der Waals surface area contributed by atoms with Gasteiger partial charge in [-0.2, -0.15) is 0 Å². The lowest BCUT2D eigenvalue weighted by atomic mass is 10.2. The van der Waals surface area contributed by atoms with Crippen LogP contribution in [0, 0.1) is 0 Å². The Bertz CT molecular complexity index is 777. The van der Waals surface area contributed by atoms with Gasteiger partial charge in [0.05, 0.1) is 11.6 Å². The summed E-state index contributed by atoms with van der Waals surface area (Å²) in [4.78, 5) is 12.0. The van der Waals surface area contributed by atoms with Crippen LogP contribution in [0.5, 0.6) is 11.5 Å². The van der Waals surface area contributed by atoms with Crippen molar-refractivity contribution < 1.29 is 14.3 Å². The fourth-order valence-corrected chi connectivity index (χ4v) is 2.56. The highest BCUT2D eigenvalue weighted by Gasteiger charge is 2.06. The molecule has 0 spiro atoms. The van der Waals surface area contributed by atoms with Crippen LogP contribution in [0.15, 0.2) is 54.6 Å². The summed E-state index contributed by atoms with van der Waals surface area (Å²) in [6, 6.07) is 12.3. The lowest BCUT2D eigenvalue weighted by molar-refractivity contribution is -0.116. The summed E-state index contributed by atoms with van der Waals surface area (Å²) in [6.07, 6.45) is 0.901. The van der Waals surface area contributed by atoms with E-state index in [1.807, 2.05) is 25.1 Å². The normalized spacial score (nSPS) is 10.3. The SMILES string of the molecule is C=C(C)COc1cccc(NC(=O)CCCOc2ccc(Cl)cc2Cl)c1. The first kappa shape index (κ1) is 20.1. The molecule has 26 heavy (non-hydrogen) atoms. The number of halogens is 2. The number of ether oxygens (including phenoxy) is 2. The van der Waals surface area contributed by atoms with Crippen LogP contribution in [0.4, 0.5) is 5.69 Å². The fraction of sp³-hybridized carbons (Fsp3) is 0.250. The predicted octanol–water partition coefficient (Wildman–Crippen LogP) is 5.75. The maximum absolute atomic E-state index is 12.0. The molecule has 0 aliphatic carbocycles. The summed E-state index contributed by atoms with van der Waals surface area (Å²) in [6.45, 7) is 6.52. The smallest absolute Gasteiger partial charge is 0.224 e. The van der Waals surface area contributed by atoms with Crippen molar-refractivity contribution in [3.05, 3.63) is 64.7 Å². The second kappa shape index (κ2) is 10.1. The molecule has 0 bridgehead atoms. The molecule has 0 radical (unpaired) electrons. The second-order valence-corrected chi connectivity index (χ2v) is 6.69. The first-order valence-electron chi connectivity index (χ1n) is 8.19. The average Bonchev–Trinajstić information content (AvgIpc) is 2.59. The standard InChI is InChI=1S/C20H21Cl2NO3/c1-14(2)13-26-17-6-3-5-16(12-17)23-20(24)7-4-10-25-19-9-8-15(21)11-18(19)22/h3,5-6,8-9,11-12H,1,4,7,10,13H2,2H3,(H,23,24). The third kappa shape index (κ3) is 6.98. The molecule has 138 valence electrons. The molecule has 0 aliphatic rings. The summed E-state index contributed by atoms with van der Waals surface area (Å²) >= 11 is 11.9. The molecule has 1 amide bonds. The van der Waals surface area contributed by atoms with Crippen LogP contribution >= 0.6 is 23.2 Å². The highest BCUT2D eigenvalue weighted by atomic mass is 35.5. The number of anilines is 1. The molecule has 2 rings (SSSR count). The minimum absolute atomic E-state index is 0.0899. The third-order valence-electron chi connectivity index (χ3n) is 3.30. The quantitative estimate of drug-likeness (QED) is 0.435. The number of benzene rings is 2. The number of rotatable bonds is 9. The van der Waals surface area contributed by atoms with Crippen LogP contribution in [0.3, 0.4) is 0 Å². The molecular formula is C20H21Cl2NO3. The van der Waals surface area contributed by atoms with Gasteiger partial charge in [0.25, 0.3) is 0 Å². The summed E-state index contributed by atoms with van der Waals surface area (Å²) in [5.41, 5.74) is 1.62. The summed E-state index contributed by atoms with van der Waals surface area (Å²) in [5.74, 6) is 1.15. The molecule has 0 heterocycles. The zero-order chi connectivity index (χ0) is 18.9. The van der Waals surface area contributed by atoms with Crippen LogP contribution in [-0.2, 0) is 4.79 Å². The van der Waals surface area contributed by atoms with Crippen molar-refractivity contribution in [1.82, 2.24) is 0 Å². The van der Waals surface area contributed by atoms with E-state index < -0.39 is 0 Å². The zero-order valence-corrected chi connectivity index (χ0v) is 16.1. The molecule has 0 aliphatic heterocycles. The summed E-state index contributed by atoms with van der Waals surface area (Å²) < 4.78 is 11.1. The minimum atomic E-state index is -0.0899. The summed E-state index contributed by atoms with van der Waals surface area (Å²) in [7, 11) is 0. The van der Waals surface area contributed by atoms with Crippen molar-refractivity contribution in [3.8, 4) is 11.5 Å². The van der Waals surface area contributed by atoms with Gasteiger partial charge in [-0.3, -0.25) is 4.79 Å². The van der Waals surface area contributed by atoms with E-state index in [0.717, 1.165) is 5.57 Å². The van der Waals surface area contributed by atoms with Gasteiger partial charge in [0, 0.05) is 23.2 Å². The number of amides is 1. The average molecular weight is 394 g/mol. The van der Waals surface area contributed by atoms with Crippen molar-refractivity contribution in [3.63, 3.8) is 0 Å². The number of nitrogens with one attached hydrogen (secondary N) is 1. The van der Waals surface area contributed by atoms with Crippen LogP contribution in [0.25, 0.3) is 0 Å². The molecule has 0 atom stereocenters. The molecule has 2 aromatic carbocycles. The van der Waals surface area contributed by atoms with Crippen molar-refractivity contribution in [2.45, 2.75) is 19.8 Å². The van der Waals surface area contributed by atoms with Gasteiger partial charge in [0.2, 0.25) is 5.91 Å². The van der Waals surface area contributed by atoms with Gasteiger partial charge in [-0.25, -0.2) is 0 Å². The fourth-order valence-electron chi connectivity index (χ4n) is 2.10. The van der Waals surface area contributed by atoms with Crippen LogP contribution in [0.2, 0.25) is 10.0 Å². The molecule has 4 nitrogen and oxygen atoms in total. The third-order valence-corrected chi connectivity index (χ3v) is 3.83. The number of hydrogen-bond acceptors (Lipinski definition) is 3. The van der Waals surface area contributed by atoms with E-state index in [2.05, 4.69) is 11.9 Å². The number of carbonyl (C=O) groups excluding carboxylic acids is 1. The molecule has 0 saturated carbocycles. The van der Waals surface area contributed by atoms with E-state index in [-0.39, 0.29) is 5.91 Å². The Labute approximate surface area is 163 Å². The molecule has 0 aromatic heterocycles. The number of hydrogen-bond donors (Lipinski definition) is 1. The van der Waals surface area contributed by atoms with Crippen molar-refractivity contribution in [2.24, 2.45) is 0 Å². The summed E-state index contributed by atoms with van der Waals surface area (Å²) in [5, 5.41) is 3.85. The van der Waals surface area contributed by atoms with Crippen LogP contribution in [-0.4, -0.2) is 19.1 Å². The lowest BCUT2D eigenvalue weighted by Gasteiger charge is -2.10. The first-order valence-corrected chi connectivity index (χ1v) is 8.94. The topological polar surface area (TPSA) is 47.6 Å². The second-order valence-electron chi connectivity index (χ2n) is 5.85. The van der Waals surface area contributed by atoms with Gasteiger partial charge in [0.1, 0.15) is 18.1 Å². The largest absolute Gasteiger partial charge is 0.492 e. The Morgan fingerprint density at radius 2 is 1.96 bits per heavy atom. The van der Waals surface area contributed by atoms with E-state index in [4.69, 9.17) is 32.7 Å².